The van der Waals surface area contributed by atoms with E-state index in [0.29, 0.717) is 0 Å². The maximum absolute atomic E-state index is 11.0. The van der Waals surface area contributed by atoms with E-state index in [1.54, 1.807) is 0 Å². The fourth-order valence-electron chi connectivity index (χ4n) is 0.997. The summed E-state index contributed by atoms with van der Waals surface area (Å²) in [6.07, 6.45) is -0.924. The molecule has 3 N–H and O–H groups in total. The average Bonchev–Trinajstić information content (AvgIpc) is 2.13. The zero-order valence-electron chi connectivity index (χ0n) is 9.33. The van der Waals surface area contributed by atoms with Crippen LogP contribution in [-0.2, 0) is 18.9 Å². The lowest BCUT2D eigenvalue weighted by molar-refractivity contribution is -0.145. The maximum Gasteiger partial charge on any atom is 0.333 e. The Labute approximate surface area is 98.3 Å². The fourth-order valence-corrected chi connectivity index (χ4v) is 1.91. The minimum atomic E-state index is -4.40. The van der Waals surface area contributed by atoms with Crippen LogP contribution in [0.3, 0.4) is 0 Å². The van der Waals surface area contributed by atoms with Crippen molar-refractivity contribution in [2.45, 2.75) is 13.3 Å². The van der Waals surface area contributed by atoms with Gasteiger partial charge in [0.2, 0.25) is 0 Å². The zero-order chi connectivity index (χ0) is 13.6. The van der Waals surface area contributed by atoms with Crippen molar-refractivity contribution in [3.8, 4) is 0 Å². The molecule has 17 heavy (non-hydrogen) atoms. The van der Waals surface area contributed by atoms with Crippen molar-refractivity contribution in [2.24, 2.45) is 5.92 Å². The highest BCUT2D eigenvalue weighted by atomic mass is 31.2. The molecule has 8 heteroatoms. The van der Waals surface area contributed by atoms with Gasteiger partial charge < -0.3 is 19.6 Å². The number of carboxylic acids is 1. The molecule has 0 aliphatic heterocycles. The van der Waals surface area contributed by atoms with Crippen LogP contribution in [0.5, 0.6) is 0 Å². The van der Waals surface area contributed by atoms with Crippen molar-refractivity contribution >= 4 is 19.5 Å². The number of rotatable bonds is 7. The maximum atomic E-state index is 11.0. The van der Waals surface area contributed by atoms with Crippen LogP contribution < -0.4 is 0 Å². The SMILES string of the molecule is C=C(C)C(=O)OCCC(CP(=O)(O)O)C(=O)O. The van der Waals surface area contributed by atoms with E-state index in [4.69, 9.17) is 14.9 Å². The van der Waals surface area contributed by atoms with Gasteiger partial charge in [-0.3, -0.25) is 9.36 Å². The highest BCUT2D eigenvalue weighted by Gasteiger charge is 2.27. The number of carbonyl (C=O) groups excluding carboxylic acids is 1. The molecule has 0 radical (unpaired) electrons. The first-order chi connectivity index (χ1) is 7.63. The highest BCUT2D eigenvalue weighted by molar-refractivity contribution is 7.51. The molecule has 1 atom stereocenters. The number of aliphatic carboxylic acids is 1. The predicted molar refractivity (Wildman–Crippen MR) is 58.4 cm³/mol. The van der Waals surface area contributed by atoms with Gasteiger partial charge in [0.15, 0.2) is 0 Å². The Morgan fingerprint density at radius 1 is 1.41 bits per heavy atom. The van der Waals surface area contributed by atoms with Gasteiger partial charge in [-0.1, -0.05) is 6.58 Å². The molecule has 0 heterocycles. The van der Waals surface area contributed by atoms with Gasteiger partial charge in [-0.15, -0.1) is 0 Å². The molecule has 0 saturated heterocycles. The second-order valence-corrected chi connectivity index (χ2v) is 5.28. The normalized spacial score (nSPS) is 12.9. The van der Waals surface area contributed by atoms with E-state index in [2.05, 4.69) is 11.3 Å². The molecule has 7 nitrogen and oxygen atoms in total. The topological polar surface area (TPSA) is 121 Å². The van der Waals surface area contributed by atoms with Gasteiger partial charge in [-0.05, 0) is 13.3 Å². The lowest BCUT2D eigenvalue weighted by Gasteiger charge is -2.13. The van der Waals surface area contributed by atoms with E-state index in [-0.39, 0.29) is 18.6 Å². The first kappa shape index (κ1) is 15.8. The molecule has 1 unspecified atom stereocenters. The minimum absolute atomic E-state index is 0.153. The lowest BCUT2D eigenvalue weighted by atomic mass is 10.1. The van der Waals surface area contributed by atoms with E-state index in [1.807, 2.05) is 0 Å². The number of ether oxygens (including phenoxy) is 1. The Hall–Kier alpha value is -1.17. The third kappa shape index (κ3) is 7.68. The summed E-state index contributed by atoms with van der Waals surface area (Å²) in [5.41, 5.74) is 0.173. The number of hydrogen-bond acceptors (Lipinski definition) is 4. The van der Waals surface area contributed by atoms with Gasteiger partial charge >= 0.3 is 19.5 Å². The molecule has 98 valence electrons. The summed E-state index contributed by atoms with van der Waals surface area (Å²) in [7, 11) is -4.40. The molecule has 0 spiro atoms. The molecular weight excluding hydrogens is 251 g/mol. The van der Waals surface area contributed by atoms with E-state index in [1.165, 1.54) is 6.92 Å². The van der Waals surface area contributed by atoms with Crippen molar-refractivity contribution in [1.82, 2.24) is 0 Å². The largest absolute Gasteiger partial charge is 0.481 e. The van der Waals surface area contributed by atoms with Crippen LogP contribution in [0.1, 0.15) is 13.3 Å². The summed E-state index contributed by atoms with van der Waals surface area (Å²) in [5, 5.41) is 8.71. The Balaban J connectivity index is 4.21. The van der Waals surface area contributed by atoms with Crippen LogP contribution in [0.15, 0.2) is 12.2 Å². The number of esters is 1. The molecule has 0 bridgehead atoms. The van der Waals surface area contributed by atoms with E-state index in [0.717, 1.165) is 0 Å². The van der Waals surface area contributed by atoms with E-state index < -0.39 is 31.6 Å². The van der Waals surface area contributed by atoms with Crippen LogP contribution in [0.25, 0.3) is 0 Å². The molecule has 0 amide bonds. The van der Waals surface area contributed by atoms with Crippen LogP contribution in [0.4, 0.5) is 0 Å². The summed E-state index contributed by atoms with van der Waals surface area (Å²) in [4.78, 5) is 39.0. The second-order valence-electron chi connectivity index (χ2n) is 3.59. The predicted octanol–water partition coefficient (Wildman–Crippen LogP) is 0.374. The molecular formula is C9H15O7P. The van der Waals surface area contributed by atoms with Crippen molar-refractivity contribution in [3.63, 3.8) is 0 Å². The lowest BCUT2D eigenvalue weighted by Crippen LogP contribution is -2.21. The zero-order valence-corrected chi connectivity index (χ0v) is 10.2. The Kier molecular flexibility index (Phi) is 6.09. The smallest absolute Gasteiger partial charge is 0.333 e. The third-order valence-electron chi connectivity index (χ3n) is 1.86. The number of hydrogen-bond donors (Lipinski definition) is 3. The molecule has 0 aromatic rings. The Morgan fingerprint density at radius 2 is 1.94 bits per heavy atom. The van der Waals surface area contributed by atoms with Gasteiger partial charge in [0.05, 0.1) is 18.7 Å². The number of carboxylic acid groups (broad SMARTS) is 1. The Bertz CT molecular complexity index is 356. The summed E-state index contributed by atoms with van der Waals surface area (Å²) in [6, 6.07) is 0. The monoisotopic (exact) mass is 266 g/mol. The number of carbonyl (C=O) groups is 2. The average molecular weight is 266 g/mol. The summed E-state index contributed by atoms with van der Waals surface area (Å²) >= 11 is 0. The molecule has 0 aromatic heterocycles. The first-order valence-electron chi connectivity index (χ1n) is 4.73. The highest BCUT2D eigenvalue weighted by Crippen LogP contribution is 2.37. The third-order valence-corrected chi connectivity index (χ3v) is 2.77. The van der Waals surface area contributed by atoms with Crippen LogP contribution >= 0.6 is 7.60 Å². The standard InChI is InChI=1S/C9H15O7P/c1-6(2)9(12)16-4-3-7(8(10)11)5-17(13,14)15/h7H,1,3-5H2,2H3,(H,10,11)(H2,13,14,15). The molecule has 0 aliphatic rings. The fraction of sp³-hybridized carbons (Fsp3) is 0.556. The van der Waals surface area contributed by atoms with Crippen molar-refractivity contribution in [1.29, 1.82) is 0 Å². The van der Waals surface area contributed by atoms with E-state index in [9.17, 15) is 14.2 Å². The summed E-state index contributed by atoms with van der Waals surface area (Å²) in [6.45, 7) is 4.55. The minimum Gasteiger partial charge on any atom is -0.481 e. The molecule has 0 aromatic carbocycles. The van der Waals surface area contributed by atoms with Crippen LogP contribution in [-0.4, -0.2) is 39.6 Å². The molecule has 0 saturated carbocycles. The van der Waals surface area contributed by atoms with Gasteiger partial charge in [-0.2, -0.15) is 0 Å². The van der Waals surface area contributed by atoms with Gasteiger partial charge in [0.1, 0.15) is 0 Å². The summed E-state index contributed by atoms with van der Waals surface area (Å²) in [5.74, 6) is -3.24. The van der Waals surface area contributed by atoms with Crippen LogP contribution in [0, 0.1) is 5.92 Å². The summed E-state index contributed by atoms with van der Waals surface area (Å²) < 4.78 is 15.3. The van der Waals surface area contributed by atoms with Crippen molar-refractivity contribution < 1.29 is 33.8 Å². The first-order valence-corrected chi connectivity index (χ1v) is 6.53. The van der Waals surface area contributed by atoms with E-state index >= 15 is 0 Å². The second kappa shape index (κ2) is 6.54. The Morgan fingerprint density at radius 3 is 2.29 bits per heavy atom. The van der Waals surface area contributed by atoms with Crippen molar-refractivity contribution in [3.05, 3.63) is 12.2 Å². The molecule has 0 rings (SSSR count). The van der Waals surface area contributed by atoms with Crippen molar-refractivity contribution in [2.75, 3.05) is 12.8 Å². The van der Waals surface area contributed by atoms with Gasteiger partial charge in [-0.25, -0.2) is 4.79 Å². The van der Waals surface area contributed by atoms with Crippen LogP contribution in [0.2, 0.25) is 0 Å². The molecule has 0 aliphatic carbocycles. The quantitative estimate of drug-likeness (QED) is 0.346. The van der Waals surface area contributed by atoms with Gasteiger partial charge in [0.25, 0.3) is 0 Å². The molecule has 0 fully saturated rings. The van der Waals surface area contributed by atoms with Gasteiger partial charge in [0, 0.05) is 5.57 Å².